The Morgan fingerprint density at radius 2 is 2.04 bits per heavy atom. The van der Waals surface area contributed by atoms with Gasteiger partial charge >= 0.3 is 0 Å². The van der Waals surface area contributed by atoms with Crippen molar-refractivity contribution in [2.75, 3.05) is 26.8 Å². The molecule has 2 aliphatic rings. The van der Waals surface area contributed by atoms with Crippen molar-refractivity contribution in [3.63, 3.8) is 0 Å². The van der Waals surface area contributed by atoms with Crippen LogP contribution < -0.4 is 4.72 Å². The first-order chi connectivity index (χ1) is 12.0. The molecule has 1 atom stereocenters. The van der Waals surface area contributed by atoms with Gasteiger partial charge in [0.1, 0.15) is 5.82 Å². The van der Waals surface area contributed by atoms with Crippen molar-refractivity contribution in [2.45, 2.75) is 52.0 Å². The molecular formula is C17H28N4O3S. The molecule has 1 aliphatic heterocycles. The summed E-state index contributed by atoms with van der Waals surface area (Å²) in [6.07, 6.45) is 6.19. The molecule has 0 radical (unpaired) electrons. The number of nitrogens with zero attached hydrogens (tertiary/aromatic N) is 3. The summed E-state index contributed by atoms with van der Waals surface area (Å²) in [5.41, 5.74) is 3.32. The molecule has 7 nitrogen and oxygen atoms in total. The van der Waals surface area contributed by atoms with Crippen LogP contribution in [-0.4, -0.2) is 49.5 Å². The van der Waals surface area contributed by atoms with E-state index < -0.39 is 10.2 Å². The van der Waals surface area contributed by atoms with E-state index in [0.29, 0.717) is 25.5 Å². The lowest BCUT2D eigenvalue weighted by molar-refractivity contribution is 0.118. The Balaban J connectivity index is 1.65. The lowest BCUT2D eigenvalue weighted by Crippen LogP contribution is -2.46. The van der Waals surface area contributed by atoms with Crippen LogP contribution in [0.3, 0.4) is 0 Å². The highest BCUT2D eigenvalue weighted by atomic mass is 32.2. The molecule has 0 bridgehead atoms. The smallest absolute Gasteiger partial charge is 0.279 e. The fraction of sp³-hybridized carbons (Fsp3) is 0.765. The van der Waals surface area contributed by atoms with Gasteiger partial charge in [-0.3, -0.25) is 0 Å². The Hall–Kier alpha value is -1.09. The fourth-order valence-corrected chi connectivity index (χ4v) is 5.06. The third-order valence-electron chi connectivity index (χ3n) is 5.07. The molecule has 1 aromatic rings. The van der Waals surface area contributed by atoms with Crippen LogP contribution in [0, 0.1) is 12.8 Å². The largest absolute Gasteiger partial charge is 0.384 e. The molecule has 1 aromatic heterocycles. The zero-order valence-corrected chi connectivity index (χ0v) is 15.9. The molecule has 1 fully saturated rings. The number of methoxy groups -OCH3 is 1. The number of hydrogen-bond donors (Lipinski definition) is 1. The first kappa shape index (κ1) is 18.7. The predicted molar refractivity (Wildman–Crippen MR) is 95.3 cm³/mol. The molecular weight excluding hydrogens is 340 g/mol. The van der Waals surface area contributed by atoms with E-state index in [2.05, 4.69) is 14.7 Å². The summed E-state index contributed by atoms with van der Waals surface area (Å²) in [6, 6.07) is 0. The zero-order chi connectivity index (χ0) is 17.9. The number of aryl methyl sites for hydroxylation is 2. The molecule has 0 aromatic carbocycles. The van der Waals surface area contributed by atoms with E-state index in [0.717, 1.165) is 43.5 Å². The number of piperidine rings is 1. The second kappa shape index (κ2) is 8.07. The van der Waals surface area contributed by atoms with E-state index in [-0.39, 0.29) is 12.5 Å². The number of ether oxygens (including phenoxy) is 1. The number of nitrogens with one attached hydrogen (secondary N) is 1. The van der Waals surface area contributed by atoms with Crippen molar-refractivity contribution in [2.24, 2.45) is 5.92 Å². The molecule has 0 saturated carbocycles. The summed E-state index contributed by atoms with van der Waals surface area (Å²) in [6.45, 7) is 3.79. The van der Waals surface area contributed by atoms with Crippen molar-refractivity contribution in [1.29, 1.82) is 0 Å². The van der Waals surface area contributed by atoms with Crippen molar-refractivity contribution in [1.82, 2.24) is 19.0 Å². The van der Waals surface area contributed by atoms with Crippen LogP contribution in [0.2, 0.25) is 0 Å². The van der Waals surface area contributed by atoms with Crippen LogP contribution in [-0.2, 0) is 34.3 Å². The topological polar surface area (TPSA) is 84.4 Å². The van der Waals surface area contributed by atoms with Gasteiger partial charge < -0.3 is 4.74 Å². The lowest BCUT2D eigenvalue weighted by Gasteiger charge is -2.31. The number of aromatic nitrogens is 2. The average molecular weight is 369 g/mol. The summed E-state index contributed by atoms with van der Waals surface area (Å²) in [7, 11) is -1.86. The SMILES string of the molecule is COCC1CCCN(S(=O)(=O)NCc2nc(C)c3c(n2)CCCC3)C1. The minimum Gasteiger partial charge on any atom is -0.384 e. The third kappa shape index (κ3) is 4.55. The van der Waals surface area contributed by atoms with E-state index in [9.17, 15) is 8.42 Å². The van der Waals surface area contributed by atoms with Crippen LogP contribution >= 0.6 is 0 Å². The minimum absolute atomic E-state index is 0.141. The molecule has 1 N–H and O–H groups in total. The van der Waals surface area contributed by atoms with Crippen LogP contribution in [0.25, 0.3) is 0 Å². The normalized spacial score (nSPS) is 21.9. The van der Waals surface area contributed by atoms with E-state index in [1.54, 1.807) is 7.11 Å². The van der Waals surface area contributed by atoms with Gasteiger partial charge in [0, 0.05) is 31.6 Å². The summed E-state index contributed by atoms with van der Waals surface area (Å²) >= 11 is 0. The Morgan fingerprint density at radius 1 is 1.24 bits per heavy atom. The summed E-state index contributed by atoms with van der Waals surface area (Å²) in [5.74, 6) is 0.824. The Kier molecular flexibility index (Phi) is 6.04. The maximum Gasteiger partial charge on any atom is 0.279 e. The second-order valence-electron chi connectivity index (χ2n) is 7.01. The van der Waals surface area contributed by atoms with Crippen molar-refractivity contribution < 1.29 is 13.2 Å². The highest BCUT2D eigenvalue weighted by Gasteiger charge is 2.29. The van der Waals surface area contributed by atoms with Crippen LogP contribution in [0.1, 0.15) is 48.5 Å². The van der Waals surface area contributed by atoms with Gasteiger partial charge in [0.15, 0.2) is 0 Å². The van der Waals surface area contributed by atoms with Crippen LogP contribution in [0.15, 0.2) is 0 Å². The van der Waals surface area contributed by atoms with Gasteiger partial charge in [-0.05, 0) is 56.9 Å². The molecule has 0 amide bonds. The van der Waals surface area contributed by atoms with Crippen molar-refractivity contribution in [3.8, 4) is 0 Å². The first-order valence-corrected chi connectivity index (χ1v) is 10.5. The second-order valence-corrected chi connectivity index (χ2v) is 8.76. The number of hydrogen-bond acceptors (Lipinski definition) is 5. The molecule has 1 saturated heterocycles. The predicted octanol–water partition coefficient (Wildman–Crippen LogP) is 1.36. The molecule has 8 heteroatoms. The molecule has 0 spiro atoms. The van der Waals surface area contributed by atoms with Crippen LogP contribution in [0.4, 0.5) is 0 Å². The number of rotatable bonds is 6. The van der Waals surface area contributed by atoms with Gasteiger partial charge in [-0.1, -0.05) is 0 Å². The van der Waals surface area contributed by atoms with Gasteiger partial charge in [0.25, 0.3) is 10.2 Å². The van der Waals surface area contributed by atoms with Gasteiger partial charge in [0.2, 0.25) is 0 Å². The fourth-order valence-electron chi connectivity index (χ4n) is 3.79. The van der Waals surface area contributed by atoms with E-state index in [1.165, 1.54) is 16.3 Å². The number of fused-ring (bicyclic) bond motifs is 1. The van der Waals surface area contributed by atoms with E-state index in [4.69, 9.17) is 4.74 Å². The van der Waals surface area contributed by atoms with Gasteiger partial charge in [0.05, 0.1) is 13.2 Å². The standard InChI is InChI=1S/C17H28N4O3S/c1-13-15-7-3-4-8-16(15)20-17(19-13)10-18-25(22,23)21-9-5-6-14(11-21)12-24-2/h14,18H,3-12H2,1-2H3. The van der Waals surface area contributed by atoms with E-state index >= 15 is 0 Å². The molecule has 140 valence electrons. The van der Waals surface area contributed by atoms with Crippen molar-refractivity contribution >= 4 is 10.2 Å². The Bertz CT molecular complexity index is 706. The van der Waals surface area contributed by atoms with Gasteiger partial charge in [-0.25, -0.2) is 9.97 Å². The quantitative estimate of drug-likeness (QED) is 0.819. The molecule has 3 rings (SSSR count). The van der Waals surface area contributed by atoms with Crippen molar-refractivity contribution in [3.05, 3.63) is 22.8 Å². The lowest BCUT2D eigenvalue weighted by atomic mass is 9.95. The summed E-state index contributed by atoms with van der Waals surface area (Å²) in [4.78, 5) is 9.09. The maximum absolute atomic E-state index is 12.6. The highest BCUT2D eigenvalue weighted by Crippen LogP contribution is 2.22. The summed E-state index contributed by atoms with van der Waals surface area (Å²) in [5, 5.41) is 0. The molecule has 1 unspecified atom stereocenters. The highest BCUT2D eigenvalue weighted by molar-refractivity contribution is 7.87. The maximum atomic E-state index is 12.6. The molecule has 2 heterocycles. The van der Waals surface area contributed by atoms with Gasteiger partial charge in [-0.2, -0.15) is 17.4 Å². The van der Waals surface area contributed by atoms with Crippen LogP contribution in [0.5, 0.6) is 0 Å². The van der Waals surface area contributed by atoms with E-state index in [1.807, 2.05) is 6.92 Å². The Labute approximate surface area is 150 Å². The molecule has 25 heavy (non-hydrogen) atoms. The minimum atomic E-state index is -3.52. The zero-order valence-electron chi connectivity index (χ0n) is 15.1. The summed E-state index contributed by atoms with van der Waals surface area (Å²) < 4.78 is 34.6. The third-order valence-corrected chi connectivity index (χ3v) is 6.59. The van der Waals surface area contributed by atoms with Gasteiger partial charge in [-0.15, -0.1) is 0 Å². The average Bonchev–Trinajstić information content (AvgIpc) is 2.61. The molecule has 1 aliphatic carbocycles. The Morgan fingerprint density at radius 3 is 2.84 bits per heavy atom. The first-order valence-electron chi connectivity index (χ1n) is 9.08. The monoisotopic (exact) mass is 368 g/mol.